The van der Waals surface area contributed by atoms with Crippen molar-refractivity contribution < 1.29 is 30.0 Å². The fourth-order valence-corrected chi connectivity index (χ4v) is 0.786. The largest absolute Gasteiger partial charge is 0.479 e. The zero-order chi connectivity index (χ0) is 12.7. The molecule has 0 radical (unpaired) electrons. The molecule has 1 rings (SSSR count). The predicted molar refractivity (Wildman–Crippen MR) is 53.3 cm³/mol. The van der Waals surface area contributed by atoms with Crippen molar-refractivity contribution in [3.05, 3.63) is 0 Å². The topological polar surface area (TPSA) is 139 Å². The Morgan fingerprint density at radius 3 is 1.81 bits per heavy atom. The van der Waals surface area contributed by atoms with Crippen LogP contribution in [0.3, 0.4) is 0 Å². The molecule has 0 aromatic rings. The van der Waals surface area contributed by atoms with E-state index in [0.717, 1.165) is 18.9 Å². The highest BCUT2D eigenvalue weighted by atomic mass is 16.4. The molecule has 0 aromatic carbocycles. The minimum atomic E-state index is -2.27. The Hall–Kier alpha value is -1.67. The monoisotopic (exact) mass is 234 g/mol. The van der Waals surface area contributed by atoms with Crippen molar-refractivity contribution in [3.63, 3.8) is 0 Å². The van der Waals surface area contributed by atoms with E-state index in [9.17, 15) is 9.59 Å². The quantitative estimate of drug-likeness (QED) is 0.376. The minimum absolute atomic E-state index is 0.964. The van der Waals surface area contributed by atoms with Gasteiger partial charge in [0.1, 0.15) is 0 Å². The molecule has 1 heterocycles. The Labute approximate surface area is 91.2 Å². The van der Waals surface area contributed by atoms with Crippen LogP contribution < -0.4 is 5.32 Å². The lowest BCUT2D eigenvalue weighted by Gasteiger charge is -2.07. The fourth-order valence-electron chi connectivity index (χ4n) is 0.786. The van der Waals surface area contributed by atoms with Crippen molar-refractivity contribution in [1.29, 1.82) is 0 Å². The van der Waals surface area contributed by atoms with E-state index in [4.69, 9.17) is 20.4 Å². The van der Waals surface area contributed by atoms with Gasteiger partial charge >= 0.3 is 11.9 Å². The first-order chi connectivity index (χ1) is 7.36. The van der Waals surface area contributed by atoms with Crippen molar-refractivity contribution in [2.24, 2.45) is 4.99 Å². The number of amidine groups is 1. The van der Waals surface area contributed by atoms with E-state index in [-0.39, 0.29) is 0 Å². The van der Waals surface area contributed by atoms with E-state index < -0.39 is 24.1 Å². The molecule has 0 saturated carbocycles. The van der Waals surface area contributed by atoms with E-state index in [2.05, 4.69) is 10.3 Å². The number of aliphatic carboxylic acids is 2. The maximum Gasteiger partial charge on any atom is 0.335 e. The van der Waals surface area contributed by atoms with Gasteiger partial charge in [-0.2, -0.15) is 0 Å². The number of aliphatic hydroxyl groups excluding tert-OH is 2. The van der Waals surface area contributed by atoms with Gasteiger partial charge in [0.05, 0.1) is 12.4 Å². The molecule has 0 aliphatic carbocycles. The Morgan fingerprint density at radius 2 is 1.69 bits per heavy atom. The van der Waals surface area contributed by atoms with E-state index in [1.54, 1.807) is 0 Å². The Kier molecular flexibility index (Phi) is 6.04. The Balaban J connectivity index is 0.000000315. The molecule has 0 fully saturated rings. The average Bonchev–Trinajstić information content (AvgIpc) is 2.67. The summed E-state index contributed by atoms with van der Waals surface area (Å²) in [5, 5.41) is 35.6. The standard InChI is InChI=1S/C4H8N2.C4H6O6/c1-4-5-2-3-6-4;5-1(3(7)8)2(6)4(9)10/h2-3H2,1H3,(H,5,6);1-2,5-6H,(H,7,8)(H,9,10)/t;1-,2-/m.1/s1. The lowest BCUT2D eigenvalue weighted by Crippen LogP contribution is -2.39. The lowest BCUT2D eigenvalue weighted by molar-refractivity contribution is -0.165. The second kappa shape index (κ2) is 6.75. The van der Waals surface area contributed by atoms with Gasteiger partial charge in [-0.05, 0) is 6.92 Å². The molecule has 0 aromatic heterocycles. The first-order valence-corrected chi connectivity index (χ1v) is 4.43. The maximum atomic E-state index is 9.77. The van der Waals surface area contributed by atoms with E-state index in [0.29, 0.717) is 0 Å². The first kappa shape index (κ1) is 14.3. The summed E-state index contributed by atoms with van der Waals surface area (Å²) >= 11 is 0. The highest BCUT2D eigenvalue weighted by molar-refractivity contribution is 5.83. The Morgan fingerprint density at radius 1 is 1.25 bits per heavy atom. The number of aliphatic hydroxyl groups is 2. The normalized spacial score (nSPS) is 17.3. The van der Waals surface area contributed by atoms with Gasteiger partial charge in [-0.15, -0.1) is 0 Å². The summed E-state index contributed by atoms with van der Waals surface area (Å²) in [5.41, 5.74) is 0. The van der Waals surface area contributed by atoms with Crippen molar-refractivity contribution in [3.8, 4) is 0 Å². The number of hydrogen-bond donors (Lipinski definition) is 5. The molecule has 0 saturated heterocycles. The predicted octanol–water partition coefficient (Wildman–Crippen LogP) is -2.11. The number of aliphatic imine (C=N–C) groups is 1. The summed E-state index contributed by atoms with van der Waals surface area (Å²) in [6.07, 6.45) is -4.53. The number of rotatable bonds is 3. The highest BCUT2D eigenvalue weighted by Crippen LogP contribution is 1.92. The molecule has 5 N–H and O–H groups in total. The van der Waals surface area contributed by atoms with Gasteiger partial charge in [0.25, 0.3) is 0 Å². The minimum Gasteiger partial charge on any atom is -0.479 e. The van der Waals surface area contributed by atoms with Crippen molar-refractivity contribution in [2.75, 3.05) is 13.1 Å². The second-order valence-corrected chi connectivity index (χ2v) is 2.96. The van der Waals surface area contributed by atoms with Crippen LogP contribution in [0.5, 0.6) is 0 Å². The van der Waals surface area contributed by atoms with Crippen LogP contribution in [0.2, 0.25) is 0 Å². The van der Waals surface area contributed by atoms with Gasteiger partial charge in [-0.25, -0.2) is 9.59 Å². The van der Waals surface area contributed by atoms with E-state index >= 15 is 0 Å². The summed E-state index contributed by atoms with van der Waals surface area (Å²) < 4.78 is 0. The molecular weight excluding hydrogens is 220 g/mol. The fraction of sp³-hybridized carbons (Fsp3) is 0.625. The van der Waals surface area contributed by atoms with Crippen LogP contribution >= 0.6 is 0 Å². The summed E-state index contributed by atoms with van der Waals surface area (Å²) in [4.78, 5) is 23.6. The molecule has 0 unspecified atom stereocenters. The second-order valence-electron chi connectivity index (χ2n) is 2.96. The first-order valence-electron chi connectivity index (χ1n) is 4.43. The summed E-state index contributed by atoms with van der Waals surface area (Å²) in [6, 6.07) is 0. The molecule has 92 valence electrons. The lowest BCUT2D eigenvalue weighted by atomic mass is 10.2. The van der Waals surface area contributed by atoms with Crippen LogP contribution in [0.15, 0.2) is 4.99 Å². The SMILES string of the molecule is CC1=NCCN1.O=C(O)[C@H](O)[C@@H](O)C(=O)O. The van der Waals surface area contributed by atoms with Crippen molar-refractivity contribution in [1.82, 2.24) is 5.32 Å². The maximum absolute atomic E-state index is 9.77. The molecule has 0 spiro atoms. The zero-order valence-corrected chi connectivity index (χ0v) is 8.62. The number of nitrogens with one attached hydrogen (secondary N) is 1. The number of carboxylic acids is 2. The third kappa shape index (κ3) is 5.27. The smallest absolute Gasteiger partial charge is 0.335 e. The number of carbonyl (C=O) groups is 2. The third-order valence-corrected chi connectivity index (χ3v) is 1.65. The van der Waals surface area contributed by atoms with Crippen molar-refractivity contribution in [2.45, 2.75) is 19.1 Å². The van der Waals surface area contributed by atoms with Gasteiger partial charge in [0.2, 0.25) is 0 Å². The zero-order valence-electron chi connectivity index (χ0n) is 8.62. The van der Waals surface area contributed by atoms with Gasteiger partial charge < -0.3 is 25.7 Å². The molecule has 0 bridgehead atoms. The number of carboxylic acid groups (broad SMARTS) is 2. The van der Waals surface area contributed by atoms with Crippen LogP contribution in [-0.2, 0) is 9.59 Å². The molecule has 0 amide bonds. The van der Waals surface area contributed by atoms with Crippen LogP contribution in [0.25, 0.3) is 0 Å². The molecule has 1 aliphatic heterocycles. The van der Waals surface area contributed by atoms with E-state index in [1.165, 1.54) is 0 Å². The van der Waals surface area contributed by atoms with E-state index in [1.807, 2.05) is 6.92 Å². The molecule has 2 atom stereocenters. The van der Waals surface area contributed by atoms with Crippen LogP contribution in [0, 0.1) is 0 Å². The van der Waals surface area contributed by atoms with Gasteiger partial charge in [0.15, 0.2) is 12.2 Å². The van der Waals surface area contributed by atoms with Gasteiger partial charge in [0, 0.05) is 6.54 Å². The van der Waals surface area contributed by atoms with Gasteiger partial charge in [-0.1, -0.05) is 0 Å². The van der Waals surface area contributed by atoms with Gasteiger partial charge in [-0.3, -0.25) is 4.99 Å². The van der Waals surface area contributed by atoms with Crippen LogP contribution in [0.1, 0.15) is 6.92 Å². The molecule has 8 heteroatoms. The third-order valence-electron chi connectivity index (χ3n) is 1.65. The summed E-state index contributed by atoms with van der Waals surface area (Å²) in [5.74, 6) is -2.46. The number of nitrogens with zero attached hydrogens (tertiary/aromatic N) is 1. The summed E-state index contributed by atoms with van der Waals surface area (Å²) in [6.45, 7) is 3.98. The summed E-state index contributed by atoms with van der Waals surface area (Å²) in [7, 11) is 0. The van der Waals surface area contributed by atoms with Crippen LogP contribution in [0.4, 0.5) is 0 Å². The molecule has 1 aliphatic rings. The molecule has 8 nitrogen and oxygen atoms in total. The number of hydrogen-bond acceptors (Lipinski definition) is 6. The Bertz CT molecular complexity index is 272. The van der Waals surface area contributed by atoms with Crippen molar-refractivity contribution >= 4 is 17.8 Å². The molecule has 16 heavy (non-hydrogen) atoms. The highest BCUT2D eigenvalue weighted by Gasteiger charge is 2.29. The average molecular weight is 234 g/mol. The van der Waals surface area contributed by atoms with Crippen LogP contribution in [-0.4, -0.2) is 63.5 Å². The molecular formula is C8H14N2O6.